The van der Waals surface area contributed by atoms with E-state index in [1.165, 1.54) is 16.7 Å². The van der Waals surface area contributed by atoms with Crippen LogP contribution in [0.1, 0.15) is 12.5 Å². The van der Waals surface area contributed by atoms with Crippen molar-refractivity contribution in [3.8, 4) is 0 Å². The van der Waals surface area contributed by atoms with Crippen molar-refractivity contribution in [2.75, 3.05) is 10.8 Å². The first-order chi connectivity index (χ1) is 9.45. The van der Waals surface area contributed by atoms with E-state index in [2.05, 4.69) is 9.97 Å². The summed E-state index contributed by atoms with van der Waals surface area (Å²) in [6.07, 6.45) is 2.42. The summed E-state index contributed by atoms with van der Waals surface area (Å²) in [5.41, 5.74) is 1.67. The zero-order chi connectivity index (χ0) is 14.8. The monoisotopic (exact) mass is 311 g/mol. The predicted octanol–water partition coefficient (Wildman–Crippen LogP) is 2.65. The summed E-state index contributed by atoms with van der Waals surface area (Å²) in [6.45, 7) is 4.03. The summed E-state index contributed by atoms with van der Waals surface area (Å²) in [5, 5.41) is 0.0161. The summed E-state index contributed by atoms with van der Waals surface area (Å²) >= 11 is 5.58. The maximum absolute atomic E-state index is 12.6. The maximum Gasteiger partial charge on any atom is 0.267 e. The zero-order valence-corrected chi connectivity index (χ0v) is 12.7. The number of benzene rings is 1. The molecule has 0 unspecified atom stereocenters. The van der Waals surface area contributed by atoms with Gasteiger partial charge in [-0.1, -0.05) is 17.7 Å². The van der Waals surface area contributed by atoms with Crippen LogP contribution in [0.25, 0.3) is 0 Å². The summed E-state index contributed by atoms with van der Waals surface area (Å²) in [6, 6.07) is 7.28. The van der Waals surface area contributed by atoms with Crippen LogP contribution in [-0.2, 0) is 10.0 Å². The SMILES string of the molecule is CCN(c1ccc(C)cc1)S(=O)(=O)c1cnc(Cl)nc1. The van der Waals surface area contributed by atoms with Crippen molar-refractivity contribution < 1.29 is 8.42 Å². The highest BCUT2D eigenvalue weighted by atomic mass is 35.5. The second kappa shape index (κ2) is 5.76. The molecule has 2 rings (SSSR count). The van der Waals surface area contributed by atoms with Gasteiger partial charge in [-0.2, -0.15) is 0 Å². The summed E-state index contributed by atoms with van der Waals surface area (Å²) in [4.78, 5) is 7.45. The van der Waals surface area contributed by atoms with E-state index >= 15 is 0 Å². The van der Waals surface area contributed by atoms with E-state index in [0.717, 1.165) is 5.56 Å². The van der Waals surface area contributed by atoms with E-state index in [9.17, 15) is 8.42 Å². The average molecular weight is 312 g/mol. The molecule has 2 aromatic rings. The Morgan fingerprint density at radius 2 is 1.70 bits per heavy atom. The molecule has 0 saturated heterocycles. The minimum atomic E-state index is -3.68. The summed E-state index contributed by atoms with van der Waals surface area (Å²) < 4.78 is 26.4. The van der Waals surface area contributed by atoms with E-state index in [1.807, 2.05) is 19.1 Å². The molecule has 106 valence electrons. The average Bonchev–Trinajstić information content (AvgIpc) is 2.42. The highest BCUT2D eigenvalue weighted by molar-refractivity contribution is 7.92. The summed E-state index contributed by atoms with van der Waals surface area (Å²) in [5.74, 6) is 0. The molecule has 0 aliphatic carbocycles. The van der Waals surface area contributed by atoms with Crippen molar-refractivity contribution >= 4 is 27.3 Å². The first-order valence-corrected chi connectivity index (χ1v) is 7.84. The van der Waals surface area contributed by atoms with E-state index < -0.39 is 10.0 Å². The largest absolute Gasteiger partial charge is 0.267 e. The van der Waals surface area contributed by atoms with Gasteiger partial charge in [-0.15, -0.1) is 0 Å². The van der Waals surface area contributed by atoms with E-state index in [4.69, 9.17) is 11.6 Å². The zero-order valence-electron chi connectivity index (χ0n) is 11.1. The lowest BCUT2D eigenvalue weighted by Gasteiger charge is -2.22. The molecule has 0 N–H and O–H groups in total. The molecule has 0 aliphatic heterocycles. The second-order valence-corrected chi connectivity index (χ2v) is 6.39. The molecule has 20 heavy (non-hydrogen) atoms. The van der Waals surface area contributed by atoms with E-state index in [1.54, 1.807) is 19.1 Å². The number of nitrogens with zero attached hydrogens (tertiary/aromatic N) is 3. The van der Waals surface area contributed by atoms with Gasteiger partial charge in [0.2, 0.25) is 5.28 Å². The number of rotatable bonds is 4. The molecule has 1 aromatic carbocycles. The minimum Gasteiger partial charge on any atom is -0.267 e. The molecular weight excluding hydrogens is 298 g/mol. The van der Waals surface area contributed by atoms with Crippen molar-refractivity contribution in [1.29, 1.82) is 0 Å². The third-order valence-corrected chi connectivity index (χ3v) is 4.84. The second-order valence-electron chi connectivity index (χ2n) is 4.19. The van der Waals surface area contributed by atoms with Crippen molar-refractivity contribution in [3.05, 3.63) is 47.5 Å². The molecule has 1 aromatic heterocycles. The third-order valence-electron chi connectivity index (χ3n) is 2.79. The lowest BCUT2D eigenvalue weighted by molar-refractivity contribution is 0.591. The topological polar surface area (TPSA) is 63.2 Å². The number of aromatic nitrogens is 2. The van der Waals surface area contributed by atoms with Crippen LogP contribution < -0.4 is 4.31 Å². The number of halogens is 1. The van der Waals surface area contributed by atoms with Crippen LogP contribution in [0.3, 0.4) is 0 Å². The molecular formula is C13H14ClN3O2S. The third kappa shape index (κ3) is 2.91. The fraction of sp³-hybridized carbons (Fsp3) is 0.231. The van der Waals surface area contributed by atoms with Crippen LogP contribution in [0.5, 0.6) is 0 Å². The molecule has 0 atom stereocenters. The van der Waals surface area contributed by atoms with Gasteiger partial charge in [0.15, 0.2) is 0 Å². The van der Waals surface area contributed by atoms with Gasteiger partial charge in [0, 0.05) is 6.54 Å². The fourth-order valence-corrected chi connectivity index (χ4v) is 3.23. The Labute approximate surface area is 123 Å². The Morgan fingerprint density at radius 1 is 1.15 bits per heavy atom. The van der Waals surface area contributed by atoms with Gasteiger partial charge >= 0.3 is 0 Å². The molecule has 0 aliphatic rings. The molecule has 0 amide bonds. The number of aryl methyl sites for hydroxylation is 1. The van der Waals surface area contributed by atoms with Crippen molar-refractivity contribution in [1.82, 2.24) is 9.97 Å². The number of hydrogen-bond donors (Lipinski definition) is 0. The van der Waals surface area contributed by atoms with Crippen LogP contribution in [0.2, 0.25) is 5.28 Å². The van der Waals surface area contributed by atoms with Gasteiger partial charge in [-0.3, -0.25) is 4.31 Å². The molecule has 0 spiro atoms. The quantitative estimate of drug-likeness (QED) is 0.814. The Balaban J connectivity index is 2.44. The van der Waals surface area contributed by atoms with Crippen LogP contribution in [0, 0.1) is 6.92 Å². The molecule has 0 radical (unpaired) electrons. The Hall–Kier alpha value is -1.66. The van der Waals surface area contributed by atoms with Crippen molar-refractivity contribution in [2.45, 2.75) is 18.7 Å². The van der Waals surface area contributed by atoms with Gasteiger partial charge in [-0.05, 0) is 37.6 Å². The Kier molecular flexibility index (Phi) is 4.25. The van der Waals surface area contributed by atoms with Gasteiger partial charge in [0.05, 0.1) is 18.1 Å². The highest BCUT2D eigenvalue weighted by Crippen LogP contribution is 2.23. The molecule has 0 bridgehead atoms. The molecule has 5 nitrogen and oxygen atoms in total. The van der Waals surface area contributed by atoms with Crippen molar-refractivity contribution in [2.24, 2.45) is 0 Å². The fourth-order valence-electron chi connectivity index (χ4n) is 1.76. The Morgan fingerprint density at radius 3 is 2.20 bits per heavy atom. The summed E-state index contributed by atoms with van der Waals surface area (Å²) in [7, 11) is -3.68. The Bertz CT molecular complexity index is 685. The molecule has 0 saturated carbocycles. The van der Waals surface area contributed by atoms with Gasteiger partial charge in [-0.25, -0.2) is 18.4 Å². The molecule has 1 heterocycles. The lowest BCUT2D eigenvalue weighted by Crippen LogP contribution is -2.30. The van der Waals surface area contributed by atoms with E-state index in [0.29, 0.717) is 12.2 Å². The first-order valence-electron chi connectivity index (χ1n) is 6.02. The molecule has 7 heteroatoms. The highest BCUT2D eigenvalue weighted by Gasteiger charge is 2.24. The van der Waals surface area contributed by atoms with Crippen LogP contribution in [0.15, 0.2) is 41.6 Å². The smallest absolute Gasteiger partial charge is 0.267 e. The predicted molar refractivity (Wildman–Crippen MR) is 78.4 cm³/mol. The van der Waals surface area contributed by atoms with Gasteiger partial charge in [0.25, 0.3) is 10.0 Å². The standard InChI is InChI=1S/C13H14ClN3O2S/c1-3-17(11-6-4-10(2)5-7-11)20(18,19)12-8-15-13(14)16-9-12/h4-9H,3H2,1-2H3. The molecule has 0 fully saturated rings. The van der Waals surface area contributed by atoms with Gasteiger partial charge < -0.3 is 0 Å². The van der Waals surface area contributed by atoms with Crippen molar-refractivity contribution in [3.63, 3.8) is 0 Å². The lowest BCUT2D eigenvalue weighted by atomic mass is 10.2. The van der Waals surface area contributed by atoms with Crippen LogP contribution in [0.4, 0.5) is 5.69 Å². The van der Waals surface area contributed by atoms with E-state index in [-0.39, 0.29) is 10.2 Å². The maximum atomic E-state index is 12.6. The normalized spacial score (nSPS) is 11.3. The van der Waals surface area contributed by atoms with Crippen LogP contribution in [-0.4, -0.2) is 24.9 Å². The number of sulfonamides is 1. The first kappa shape index (κ1) is 14.7. The number of hydrogen-bond acceptors (Lipinski definition) is 4. The van der Waals surface area contributed by atoms with Gasteiger partial charge in [0.1, 0.15) is 4.90 Å². The number of anilines is 1. The minimum absolute atomic E-state index is 0.0161. The van der Waals surface area contributed by atoms with Crippen LogP contribution >= 0.6 is 11.6 Å².